The lowest BCUT2D eigenvalue weighted by molar-refractivity contribution is -0.142. The van der Waals surface area contributed by atoms with E-state index in [2.05, 4.69) is 4.98 Å². The first-order chi connectivity index (χ1) is 8.49. The molecule has 1 aromatic heterocycles. The molecule has 0 radical (unpaired) electrons. The molecule has 7 heteroatoms. The molecular formula is C11H14F2N2O3. The number of hydrogen-bond donors (Lipinski definition) is 1. The predicted molar refractivity (Wildman–Crippen MR) is 60.5 cm³/mol. The first-order valence-corrected chi connectivity index (χ1v) is 5.26. The molecule has 0 aliphatic rings. The van der Waals surface area contributed by atoms with Crippen LogP contribution < -0.4 is 10.5 Å². The van der Waals surface area contributed by atoms with Gasteiger partial charge in [0, 0.05) is 5.56 Å². The Morgan fingerprint density at radius 3 is 2.72 bits per heavy atom. The number of aromatic nitrogens is 1. The third-order valence-corrected chi connectivity index (χ3v) is 2.15. The maximum absolute atomic E-state index is 12.7. The Morgan fingerprint density at radius 2 is 2.22 bits per heavy atom. The molecule has 1 heterocycles. The third-order valence-electron chi connectivity index (χ3n) is 2.15. The standard InChI is InChI=1S/C11H14F2N2O3/c1-3-18-8(16)5-6-4-7(14)15-9(11(12)13)10(6)17-2/h4,11H,3,5H2,1-2H3,(H2,14,15). The van der Waals surface area contributed by atoms with Crippen LogP contribution in [0.3, 0.4) is 0 Å². The molecule has 1 aromatic rings. The van der Waals surface area contributed by atoms with Gasteiger partial charge >= 0.3 is 5.97 Å². The van der Waals surface area contributed by atoms with Crippen molar-refractivity contribution in [3.63, 3.8) is 0 Å². The zero-order valence-corrected chi connectivity index (χ0v) is 10.1. The van der Waals surface area contributed by atoms with Crippen molar-refractivity contribution in [3.05, 3.63) is 17.3 Å². The molecule has 0 aliphatic heterocycles. The van der Waals surface area contributed by atoms with Crippen molar-refractivity contribution in [2.75, 3.05) is 19.5 Å². The SMILES string of the molecule is CCOC(=O)Cc1cc(N)nc(C(F)F)c1OC. The van der Waals surface area contributed by atoms with Crippen LogP contribution in [0.5, 0.6) is 5.75 Å². The summed E-state index contributed by atoms with van der Waals surface area (Å²) in [5, 5.41) is 0. The highest BCUT2D eigenvalue weighted by molar-refractivity contribution is 5.74. The van der Waals surface area contributed by atoms with Crippen LogP contribution in [0.2, 0.25) is 0 Å². The average Bonchev–Trinajstić information content (AvgIpc) is 2.28. The lowest BCUT2D eigenvalue weighted by Crippen LogP contribution is -2.11. The van der Waals surface area contributed by atoms with Gasteiger partial charge in [0.05, 0.1) is 20.1 Å². The molecule has 0 amide bonds. The minimum Gasteiger partial charge on any atom is -0.494 e. The van der Waals surface area contributed by atoms with E-state index in [1.54, 1.807) is 6.92 Å². The highest BCUT2D eigenvalue weighted by Gasteiger charge is 2.21. The second-order valence-electron chi connectivity index (χ2n) is 3.41. The fraction of sp³-hybridized carbons (Fsp3) is 0.455. The number of rotatable bonds is 5. The number of carbonyl (C=O) groups excluding carboxylic acids is 1. The molecule has 0 aliphatic carbocycles. The summed E-state index contributed by atoms with van der Waals surface area (Å²) in [5.41, 5.74) is 5.08. The Labute approximate surface area is 103 Å². The molecule has 0 bridgehead atoms. The van der Waals surface area contributed by atoms with E-state index in [9.17, 15) is 13.6 Å². The van der Waals surface area contributed by atoms with Crippen LogP contribution >= 0.6 is 0 Å². The Morgan fingerprint density at radius 1 is 1.56 bits per heavy atom. The number of esters is 1. The summed E-state index contributed by atoms with van der Waals surface area (Å²) in [5.74, 6) is -0.765. The molecule has 0 saturated heterocycles. The van der Waals surface area contributed by atoms with E-state index in [-0.39, 0.29) is 30.2 Å². The lowest BCUT2D eigenvalue weighted by Gasteiger charge is -2.13. The van der Waals surface area contributed by atoms with Gasteiger partial charge in [-0.1, -0.05) is 0 Å². The topological polar surface area (TPSA) is 74.4 Å². The van der Waals surface area contributed by atoms with E-state index < -0.39 is 18.1 Å². The molecule has 2 N–H and O–H groups in total. The molecule has 18 heavy (non-hydrogen) atoms. The molecule has 5 nitrogen and oxygen atoms in total. The minimum absolute atomic E-state index is 0.0922. The summed E-state index contributed by atoms with van der Waals surface area (Å²) in [6.07, 6.45) is -3.02. The van der Waals surface area contributed by atoms with Gasteiger partial charge in [0.25, 0.3) is 6.43 Å². The molecule has 1 rings (SSSR count). The van der Waals surface area contributed by atoms with E-state index in [0.29, 0.717) is 0 Å². The van der Waals surface area contributed by atoms with Gasteiger partial charge in [-0.15, -0.1) is 0 Å². The molecule has 0 atom stereocenters. The van der Waals surface area contributed by atoms with Crippen molar-refractivity contribution in [2.45, 2.75) is 19.8 Å². The van der Waals surface area contributed by atoms with Crippen LogP contribution in [0, 0.1) is 0 Å². The van der Waals surface area contributed by atoms with Crippen molar-refractivity contribution in [2.24, 2.45) is 0 Å². The number of anilines is 1. The van der Waals surface area contributed by atoms with Gasteiger partial charge in [0.2, 0.25) is 0 Å². The van der Waals surface area contributed by atoms with Gasteiger partial charge in [-0.3, -0.25) is 4.79 Å². The monoisotopic (exact) mass is 260 g/mol. The zero-order valence-electron chi connectivity index (χ0n) is 10.1. The Balaban J connectivity index is 3.13. The van der Waals surface area contributed by atoms with Gasteiger partial charge in [-0.05, 0) is 13.0 Å². The molecule has 0 aromatic carbocycles. The van der Waals surface area contributed by atoms with Crippen LogP contribution in [0.15, 0.2) is 6.07 Å². The number of nitrogen functional groups attached to an aromatic ring is 1. The second kappa shape index (κ2) is 6.13. The molecular weight excluding hydrogens is 246 g/mol. The quantitative estimate of drug-likeness (QED) is 0.816. The maximum atomic E-state index is 12.7. The number of hydrogen-bond acceptors (Lipinski definition) is 5. The predicted octanol–water partition coefficient (Wildman–Crippen LogP) is 1.72. The fourth-order valence-corrected chi connectivity index (χ4v) is 1.51. The summed E-state index contributed by atoms with van der Waals surface area (Å²) in [4.78, 5) is 14.9. The van der Waals surface area contributed by atoms with Crippen LogP contribution in [-0.2, 0) is 16.0 Å². The number of nitrogens with two attached hydrogens (primary N) is 1. The second-order valence-corrected chi connectivity index (χ2v) is 3.41. The summed E-state index contributed by atoms with van der Waals surface area (Å²) >= 11 is 0. The summed E-state index contributed by atoms with van der Waals surface area (Å²) in [6, 6.07) is 1.32. The molecule has 0 unspecified atom stereocenters. The zero-order chi connectivity index (χ0) is 13.7. The molecule has 0 saturated carbocycles. The van der Waals surface area contributed by atoms with Crippen molar-refractivity contribution < 1.29 is 23.0 Å². The van der Waals surface area contributed by atoms with Gasteiger partial charge < -0.3 is 15.2 Å². The van der Waals surface area contributed by atoms with Crippen LogP contribution in [0.1, 0.15) is 24.6 Å². The molecule has 0 fully saturated rings. The van der Waals surface area contributed by atoms with Gasteiger partial charge in [-0.2, -0.15) is 0 Å². The Kier molecular flexibility index (Phi) is 4.82. The fourth-order valence-electron chi connectivity index (χ4n) is 1.51. The summed E-state index contributed by atoms with van der Waals surface area (Å²) in [7, 11) is 1.23. The first-order valence-electron chi connectivity index (χ1n) is 5.26. The number of nitrogens with zero attached hydrogens (tertiary/aromatic N) is 1. The normalized spacial score (nSPS) is 10.5. The van der Waals surface area contributed by atoms with E-state index >= 15 is 0 Å². The number of alkyl halides is 2. The Hall–Kier alpha value is -1.92. The minimum atomic E-state index is -2.83. The van der Waals surface area contributed by atoms with Crippen LogP contribution in [-0.4, -0.2) is 24.7 Å². The van der Waals surface area contributed by atoms with Crippen LogP contribution in [0.4, 0.5) is 14.6 Å². The van der Waals surface area contributed by atoms with E-state index in [1.807, 2.05) is 0 Å². The number of carbonyl (C=O) groups is 1. The third kappa shape index (κ3) is 3.28. The van der Waals surface area contributed by atoms with E-state index in [4.69, 9.17) is 15.2 Å². The highest BCUT2D eigenvalue weighted by Crippen LogP contribution is 2.32. The lowest BCUT2D eigenvalue weighted by atomic mass is 10.1. The smallest absolute Gasteiger partial charge is 0.310 e. The molecule has 0 spiro atoms. The van der Waals surface area contributed by atoms with Gasteiger partial charge in [0.1, 0.15) is 11.6 Å². The van der Waals surface area contributed by atoms with Gasteiger partial charge in [0.15, 0.2) is 5.69 Å². The van der Waals surface area contributed by atoms with Crippen molar-refractivity contribution in [1.82, 2.24) is 4.98 Å². The average molecular weight is 260 g/mol. The largest absolute Gasteiger partial charge is 0.494 e. The first kappa shape index (κ1) is 14.1. The van der Waals surface area contributed by atoms with E-state index in [1.165, 1.54) is 13.2 Å². The van der Waals surface area contributed by atoms with Gasteiger partial charge in [-0.25, -0.2) is 13.8 Å². The number of methoxy groups -OCH3 is 1. The van der Waals surface area contributed by atoms with Crippen molar-refractivity contribution in [3.8, 4) is 5.75 Å². The van der Waals surface area contributed by atoms with Crippen molar-refractivity contribution >= 4 is 11.8 Å². The Bertz CT molecular complexity index is 439. The number of ether oxygens (including phenoxy) is 2. The number of halogens is 2. The number of pyridine rings is 1. The summed E-state index contributed by atoms with van der Waals surface area (Å²) < 4.78 is 35.1. The maximum Gasteiger partial charge on any atom is 0.310 e. The van der Waals surface area contributed by atoms with E-state index in [0.717, 1.165) is 0 Å². The van der Waals surface area contributed by atoms with Crippen LogP contribution in [0.25, 0.3) is 0 Å². The highest BCUT2D eigenvalue weighted by atomic mass is 19.3. The van der Waals surface area contributed by atoms with Crippen molar-refractivity contribution in [1.29, 1.82) is 0 Å². The molecule has 100 valence electrons. The summed E-state index contributed by atoms with van der Waals surface area (Å²) in [6.45, 7) is 1.87.